The monoisotopic (exact) mass is 287 g/mol. The average Bonchev–Trinajstić information content (AvgIpc) is 2.45. The number of hydrogen-bond donors (Lipinski definition) is 2. The summed E-state index contributed by atoms with van der Waals surface area (Å²) in [5.41, 5.74) is 0.568. The Bertz CT molecular complexity index is 411. The van der Waals surface area contributed by atoms with Crippen LogP contribution >= 0.6 is 11.6 Å². The second kappa shape index (κ2) is 7.00. The van der Waals surface area contributed by atoms with Crippen LogP contribution in [0.2, 0.25) is 5.15 Å². The van der Waals surface area contributed by atoms with Gasteiger partial charge >= 0.3 is 0 Å². The van der Waals surface area contributed by atoms with Gasteiger partial charge in [-0.2, -0.15) is 0 Å². The third-order valence-electron chi connectivity index (χ3n) is 3.21. The zero-order valence-corrected chi connectivity index (χ0v) is 11.4. The molecule has 0 atom stereocenters. The van der Waals surface area contributed by atoms with Crippen LogP contribution in [0.15, 0.2) is 6.33 Å². The fourth-order valence-corrected chi connectivity index (χ4v) is 2.43. The first kappa shape index (κ1) is 14.5. The summed E-state index contributed by atoms with van der Waals surface area (Å²) in [6, 6.07) is 0. The van der Waals surface area contributed by atoms with Gasteiger partial charge in [0, 0.05) is 13.1 Å². The van der Waals surface area contributed by atoms with Crippen molar-refractivity contribution < 1.29 is 14.9 Å². The number of aliphatic hydroxyl groups is 2. The molecule has 1 aliphatic rings. The summed E-state index contributed by atoms with van der Waals surface area (Å²) in [5, 5.41) is 18.4. The largest absolute Gasteiger partial charge is 0.394 e. The van der Waals surface area contributed by atoms with Gasteiger partial charge in [0.1, 0.15) is 17.3 Å². The van der Waals surface area contributed by atoms with E-state index in [2.05, 4.69) is 14.9 Å². The van der Waals surface area contributed by atoms with E-state index in [1.165, 1.54) is 6.33 Å². The maximum atomic E-state index is 9.35. The number of halogens is 1. The molecule has 2 N–H and O–H groups in total. The van der Waals surface area contributed by atoms with E-state index >= 15 is 0 Å². The predicted octanol–water partition coefficient (Wildman–Crippen LogP) is 0.600. The van der Waals surface area contributed by atoms with Gasteiger partial charge in [-0.05, 0) is 12.8 Å². The van der Waals surface area contributed by atoms with Crippen LogP contribution in [-0.2, 0) is 11.3 Å². The molecule has 2 heterocycles. The van der Waals surface area contributed by atoms with E-state index in [1.807, 2.05) is 0 Å². The van der Waals surface area contributed by atoms with Gasteiger partial charge in [0.25, 0.3) is 0 Å². The highest BCUT2D eigenvalue weighted by molar-refractivity contribution is 6.30. The van der Waals surface area contributed by atoms with Gasteiger partial charge in [-0.15, -0.1) is 0 Å². The lowest BCUT2D eigenvalue weighted by atomic mass is 10.1. The van der Waals surface area contributed by atoms with E-state index in [-0.39, 0.29) is 19.3 Å². The minimum atomic E-state index is -0.171. The average molecular weight is 288 g/mol. The molecule has 1 aromatic heterocycles. The molecule has 0 aromatic carbocycles. The van der Waals surface area contributed by atoms with Crippen LogP contribution in [-0.4, -0.2) is 52.6 Å². The van der Waals surface area contributed by atoms with Gasteiger partial charge < -0.3 is 19.8 Å². The van der Waals surface area contributed by atoms with E-state index in [0.29, 0.717) is 23.1 Å². The Morgan fingerprint density at radius 3 is 2.68 bits per heavy atom. The molecule has 0 amide bonds. The highest BCUT2D eigenvalue weighted by atomic mass is 35.5. The SMILES string of the molecule is OCCOC1CCN(c2ncnc(Cl)c2CO)CC1. The molecule has 2 rings (SSSR count). The molecule has 0 unspecified atom stereocenters. The second-order valence-corrected chi connectivity index (χ2v) is 4.76. The molecular weight excluding hydrogens is 270 g/mol. The second-order valence-electron chi connectivity index (χ2n) is 4.41. The molecule has 1 aliphatic heterocycles. The molecule has 0 saturated carbocycles. The van der Waals surface area contributed by atoms with E-state index in [4.69, 9.17) is 21.4 Å². The Hall–Kier alpha value is -0.950. The van der Waals surface area contributed by atoms with Crippen LogP contribution in [0.3, 0.4) is 0 Å². The molecule has 1 fully saturated rings. The predicted molar refractivity (Wildman–Crippen MR) is 71.2 cm³/mol. The first-order valence-corrected chi connectivity index (χ1v) is 6.71. The van der Waals surface area contributed by atoms with Crippen LogP contribution < -0.4 is 4.90 Å². The topological polar surface area (TPSA) is 78.7 Å². The summed E-state index contributed by atoms with van der Waals surface area (Å²) in [6.45, 7) is 1.84. The molecule has 7 heteroatoms. The van der Waals surface area contributed by atoms with Crippen molar-refractivity contribution in [1.82, 2.24) is 9.97 Å². The lowest BCUT2D eigenvalue weighted by Gasteiger charge is -2.33. The number of hydrogen-bond acceptors (Lipinski definition) is 6. The van der Waals surface area contributed by atoms with Gasteiger partial charge in [-0.1, -0.05) is 11.6 Å². The van der Waals surface area contributed by atoms with Crippen molar-refractivity contribution in [2.75, 3.05) is 31.2 Å². The molecular formula is C12H18ClN3O3. The lowest BCUT2D eigenvalue weighted by Crippen LogP contribution is -2.38. The third-order valence-corrected chi connectivity index (χ3v) is 3.54. The van der Waals surface area contributed by atoms with E-state index in [1.54, 1.807) is 0 Å². The van der Waals surface area contributed by atoms with Crippen molar-refractivity contribution in [3.05, 3.63) is 17.0 Å². The van der Waals surface area contributed by atoms with E-state index in [0.717, 1.165) is 25.9 Å². The van der Waals surface area contributed by atoms with Crippen molar-refractivity contribution in [2.24, 2.45) is 0 Å². The maximum Gasteiger partial charge on any atom is 0.140 e. The van der Waals surface area contributed by atoms with Crippen LogP contribution in [0.5, 0.6) is 0 Å². The molecule has 0 radical (unpaired) electrons. The van der Waals surface area contributed by atoms with Crippen molar-refractivity contribution in [3.63, 3.8) is 0 Å². The first-order valence-electron chi connectivity index (χ1n) is 6.34. The van der Waals surface area contributed by atoms with Crippen LogP contribution in [0.1, 0.15) is 18.4 Å². The highest BCUT2D eigenvalue weighted by Gasteiger charge is 2.23. The Morgan fingerprint density at radius 2 is 2.05 bits per heavy atom. The Balaban J connectivity index is 1.99. The van der Waals surface area contributed by atoms with Crippen LogP contribution in [0.25, 0.3) is 0 Å². The smallest absolute Gasteiger partial charge is 0.140 e. The molecule has 1 aromatic rings. The van der Waals surface area contributed by atoms with Gasteiger partial charge in [-0.25, -0.2) is 9.97 Å². The normalized spacial score (nSPS) is 16.9. The number of anilines is 1. The van der Waals surface area contributed by atoms with Crippen molar-refractivity contribution in [3.8, 4) is 0 Å². The standard InChI is InChI=1S/C12H18ClN3O3/c13-11-10(7-18)12(15-8-14-11)16-3-1-9(2-4-16)19-6-5-17/h8-9,17-18H,1-7H2. The highest BCUT2D eigenvalue weighted by Crippen LogP contribution is 2.26. The van der Waals surface area contributed by atoms with Gasteiger partial charge in [0.05, 0.1) is 31.5 Å². The first-order chi connectivity index (χ1) is 9.26. The van der Waals surface area contributed by atoms with Crippen LogP contribution in [0.4, 0.5) is 5.82 Å². The summed E-state index contributed by atoms with van der Waals surface area (Å²) in [5.74, 6) is 0.697. The fraction of sp³-hybridized carbons (Fsp3) is 0.667. The number of aromatic nitrogens is 2. The number of piperidine rings is 1. The minimum Gasteiger partial charge on any atom is -0.394 e. The number of aliphatic hydroxyl groups excluding tert-OH is 2. The van der Waals surface area contributed by atoms with Crippen molar-refractivity contribution in [1.29, 1.82) is 0 Å². The summed E-state index contributed by atoms with van der Waals surface area (Å²) in [7, 11) is 0. The molecule has 106 valence electrons. The molecule has 6 nitrogen and oxygen atoms in total. The summed E-state index contributed by atoms with van der Waals surface area (Å²) in [6.07, 6.45) is 3.32. The Kier molecular flexibility index (Phi) is 5.33. The molecule has 0 spiro atoms. The summed E-state index contributed by atoms with van der Waals surface area (Å²) < 4.78 is 5.51. The Labute approximate surface area is 117 Å². The summed E-state index contributed by atoms with van der Waals surface area (Å²) in [4.78, 5) is 10.2. The molecule has 0 bridgehead atoms. The summed E-state index contributed by atoms with van der Waals surface area (Å²) >= 11 is 5.96. The van der Waals surface area contributed by atoms with Crippen molar-refractivity contribution >= 4 is 17.4 Å². The Morgan fingerprint density at radius 1 is 1.32 bits per heavy atom. The minimum absolute atomic E-state index is 0.0520. The molecule has 19 heavy (non-hydrogen) atoms. The number of rotatable bonds is 5. The van der Waals surface area contributed by atoms with E-state index < -0.39 is 0 Å². The number of ether oxygens (including phenoxy) is 1. The molecule has 0 aliphatic carbocycles. The third kappa shape index (κ3) is 3.54. The van der Waals surface area contributed by atoms with Gasteiger partial charge in [-0.3, -0.25) is 0 Å². The number of nitrogens with zero attached hydrogens (tertiary/aromatic N) is 3. The van der Waals surface area contributed by atoms with E-state index in [9.17, 15) is 5.11 Å². The zero-order valence-electron chi connectivity index (χ0n) is 10.6. The van der Waals surface area contributed by atoms with Crippen molar-refractivity contribution in [2.45, 2.75) is 25.6 Å². The van der Waals surface area contributed by atoms with Crippen LogP contribution in [0, 0.1) is 0 Å². The van der Waals surface area contributed by atoms with Gasteiger partial charge in [0.15, 0.2) is 0 Å². The van der Waals surface area contributed by atoms with Gasteiger partial charge in [0.2, 0.25) is 0 Å². The maximum absolute atomic E-state index is 9.35. The zero-order chi connectivity index (χ0) is 13.7. The lowest BCUT2D eigenvalue weighted by molar-refractivity contribution is 0.0158. The quantitative estimate of drug-likeness (QED) is 0.772. The fourth-order valence-electron chi connectivity index (χ4n) is 2.24. The molecule has 1 saturated heterocycles.